The van der Waals surface area contributed by atoms with E-state index in [1.807, 2.05) is 6.92 Å². The van der Waals surface area contributed by atoms with Gasteiger partial charge in [-0.15, -0.1) is 0 Å². The van der Waals surface area contributed by atoms with E-state index in [2.05, 4.69) is 12.2 Å². The summed E-state index contributed by atoms with van der Waals surface area (Å²) >= 11 is 0. The standard InChI is InChI=1S/C12H15FNO2S/c1-12(2)7-11(8-14-12)17(15,16)10-5-3-9(13)4-6-10/h3-6,11,14H,1,7-8H2,2H3/t11-,12?/m1/s1. The van der Waals surface area contributed by atoms with Gasteiger partial charge in [-0.25, -0.2) is 12.8 Å². The van der Waals surface area contributed by atoms with Crippen molar-refractivity contribution in [2.45, 2.75) is 29.0 Å². The van der Waals surface area contributed by atoms with E-state index >= 15 is 0 Å². The number of nitrogens with one attached hydrogen (secondary N) is 1. The van der Waals surface area contributed by atoms with Gasteiger partial charge in [0.25, 0.3) is 0 Å². The fourth-order valence-electron chi connectivity index (χ4n) is 2.04. The second-order valence-electron chi connectivity index (χ2n) is 4.77. The van der Waals surface area contributed by atoms with Crippen molar-refractivity contribution in [2.24, 2.45) is 0 Å². The van der Waals surface area contributed by atoms with Crippen LogP contribution in [0.4, 0.5) is 4.39 Å². The maximum atomic E-state index is 12.8. The van der Waals surface area contributed by atoms with Crippen molar-refractivity contribution in [3.63, 3.8) is 0 Å². The first kappa shape index (κ1) is 12.5. The molecule has 0 bridgehead atoms. The van der Waals surface area contributed by atoms with E-state index in [-0.39, 0.29) is 4.90 Å². The summed E-state index contributed by atoms with van der Waals surface area (Å²) in [7, 11) is -3.40. The van der Waals surface area contributed by atoms with E-state index in [1.165, 1.54) is 24.3 Å². The average Bonchev–Trinajstić information content (AvgIpc) is 2.60. The lowest BCUT2D eigenvalue weighted by molar-refractivity contribution is 0.513. The molecule has 3 nitrogen and oxygen atoms in total. The summed E-state index contributed by atoms with van der Waals surface area (Å²) in [6, 6.07) is 4.95. The highest BCUT2D eigenvalue weighted by molar-refractivity contribution is 7.92. The molecule has 2 atom stereocenters. The Kier molecular flexibility index (Phi) is 2.99. The van der Waals surface area contributed by atoms with Crippen LogP contribution in [0.2, 0.25) is 0 Å². The van der Waals surface area contributed by atoms with Crippen LogP contribution in [0.3, 0.4) is 0 Å². The first-order valence-electron chi connectivity index (χ1n) is 5.41. The topological polar surface area (TPSA) is 46.2 Å². The van der Waals surface area contributed by atoms with Gasteiger partial charge in [-0.1, -0.05) is 0 Å². The third-order valence-corrected chi connectivity index (χ3v) is 5.16. The van der Waals surface area contributed by atoms with Crippen molar-refractivity contribution in [1.82, 2.24) is 5.32 Å². The Labute approximate surface area is 101 Å². The summed E-state index contributed by atoms with van der Waals surface area (Å²) in [5, 5.41) is 2.58. The van der Waals surface area contributed by atoms with E-state index in [1.54, 1.807) is 0 Å². The lowest BCUT2D eigenvalue weighted by Crippen LogP contribution is -2.32. The van der Waals surface area contributed by atoms with Gasteiger partial charge in [0, 0.05) is 12.1 Å². The molecule has 1 unspecified atom stereocenters. The number of halogens is 1. The number of rotatable bonds is 2. The van der Waals surface area contributed by atoms with Crippen LogP contribution in [0.1, 0.15) is 13.3 Å². The van der Waals surface area contributed by atoms with Crippen LogP contribution >= 0.6 is 0 Å². The molecule has 0 saturated carbocycles. The predicted octanol–water partition coefficient (Wildman–Crippen LogP) is 1.55. The van der Waals surface area contributed by atoms with Crippen LogP contribution in [0, 0.1) is 12.7 Å². The molecule has 1 aromatic carbocycles. The Morgan fingerprint density at radius 2 is 2.00 bits per heavy atom. The summed E-state index contributed by atoms with van der Waals surface area (Å²) in [4.78, 5) is 0.170. The highest BCUT2D eigenvalue weighted by Crippen LogP contribution is 2.27. The molecule has 1 aromatic rings. The van der Waals surface area contributed by atoms with Gasteiger partial charge >= 0.3 is 0 Å². The molecule has 1 radical (unpaired) electrons. The monoisotopic (exact) mass is 256 g/mol. The van der Waals surface area contributed by atoms with Gasteiger partial charge in [-0.3, -0.25) is 0 Å². The molecule has 0 aromatic heterocycles. The zero-order valence-electron chi connectivity index (χ0n) is 9.61. The Bertz CT molecular complexity index is 508. The fourth-order valence-corrected chi connectivity index (χ4v) is 3.83. The quantitative estimate of drug-likeness (QED) is 0.817. The maximum Gasteiger partial charge on any atom is 0.182 e. The van der Waals surface area contributed by atoms with Gasteiger partial charge in [0.05, 0.1) is 10.1 Å². The van der Waals surface area contributed by atoms with Gasteiger partial charge in [0.15, 0.2) is 9.84 Å². The summed E-state index contributed by atoms with van der Waals surface area (Å²) in [6.07, 6.45) is 0.465. The van der Waals surface area contributed by atoms with Crippen LogP contribution in [0.25, 0.3) is 0 Å². The number of sulfone groups is 1. The predicted molar refractivity (Wildman–Crippen MR) is 63.8 cm³/mol. The summed E-state index contributed by atoms with van der Waals surface area (Å²) in [6.45, 7) is 6.16. The molecule has 1 N–H and O–H groups in total. The normalized spacial score (nSPS) is 23.8. The van der Waals surface area contributed by atoms with Crippen molar-refractivity contribution in [2.75, 3.05) is 6.54 Å². The third kappa shape index (κ3) is 2.50. The Balaban J connectivity index is 2.29. The largest absolute Gasteiger partial charge is 0.310 e. The summed E-state index contributed by atoms with van der Waals surface area (Å²) in [5.74, 6) is -0.435. The number of hydrogen-bond donors (Lipinski definition) is 1. The second-order valence-corrected chi connectivity index (χ2v) is 6.99. The highest BCUT2D eigenvalue weighted by atomic mass is 32.2. The third-order valence-electron chi connectivity index (χ3n) is 3.02. The van der Waals surface area contributed by atoms with Gasteiger partial charge in [-0.2, -0.15) is 0 Å². The Hall–Kier alpha value is -0.940. The molecule has 0 aliphatic carbocycles. The van der Waals surface area contributed by atoms with E-state index in [0.717, 1.165) is 0 Å². The van der Waals surface area contributed by atoms with Crippen LogP contribution in [-0.2, 0) is 9.84 Å². The molecule has 0 spiro atoms. The molecule has 1 heterocycles. The van der Waals surface area contributed by atoms with Crippen LogP contribution in [0.5, 0.6) is 0 Å². The smallest absolute Gasteiger partial charge is 0.182 e. The van der Waals surface area contributed by atoms with Crippen molar-refractivity contribution in [3.05, 3.63) is 37.0 Å². The summed E-state index contributed by atoms with van der Waals surface area (Å²) < 4.78 is 37.2. The van der Waals surface area contributed by atoms with E-state index < -0.39 is 26.4 Å². The molecule has 5 heteroatoms. The zero-order chi connectivity index (χ0) is 12.7. The molecular weight excluding hydrogens is 241 g/mol. The van der Waals surface area contributed by atoms with Crippen LogP contribution in [-0.4, -0.2) is 25.8 Å². The first-order valence-corrected chi connectivity index (χ1v) is 6.96. The van der Waals surface area contributed by atoms with E-state index in [4.69, 9.17) is 0 Å². The minimum Gasteiger partial charge on any atom is -0.310 e. The van der Waals surface area contributed by atoms with Gasteiger partial charge in [-0.05, 0) is 44.5 Å². The van der Waals surface area contributed by atoms with Gasteiger partial charge in [0.1, 0.15) is 5.82 Å². The number of benzene rings is 1. The zero-order valence-corrected chi connectivity index (χ0v) is 10.4. The molecule has 1 saturated heterocycles. The number of hydrogen-bond acceptors (Lipinski definition) is 3. The highest BCUT2D eigenvalue weighted by Gasteiger charge is 2.38. The van der Waals surface area contributed by atoms with Crippen LogP contribution < -0.4 is 5.32 Å². The Morgan fingerprint density at radius 1 is 1.41 bits per heavy atom. The summed E-state index contributed by atoms with van der Waals surface area (Å²) in [5.41, 5.74) is -0.405. The Morgan fingerprint density at radius 3 is 2.47 bits per heavy atom. The lowest BCUT2D eigenvalue weighted by atomic mass is 10.0. The molecule has 93 valence electrons. The molecular formula is C12H15FNO2S. The molecule has 1 aliphatic rings. The van der Waals surface area contributed by atoms with Crippen molar-refractivity contribution >= 4 is 9.84 Å². The van der Waals surface area contributed by atoms with Gasteiger partial charge < -0.3 is 5.32 Å². The van der Waals surface area contributed by atoms with Crippen molar-refractivity contribution in [3.8, 4) is 0 Å². The van der Waals surface area contributed by atoms with Crippen molar-refractivity contribution < 1.29 is 12.8 Å². The van der Waals surface area contributed by atoms with Gasteiger partial charge in [0.2, 0.25) is 0 Å². The molecule has 1 aliphatic heterocycles. The second kappa shape index (κ2) is 4.07. The minimum absolute atomic E-state index is 0.170. The lowest BCUT2D eigenvalue weighted by Gasteiger charge is -2.17. The molecule has 17 heavy (non-hydrogen) atoms. The van der Waals surface area contributed by atoms with E-state index in [0.29, 0.717) is 13.0 Å². The average molecular weight is 256 g/mol. The van der Waals surface area contributed by atoms with Crippen LogP contribution in [0.15, 0.2) is 29.2 Å². The maximum absolute atomic E-state index is 12.8. The molecule has 0 amide bonds. The molecule has 2 rings (SSSR count). The van der Waals surface area contributed by atoms with E-state index in [9.17, 15) is 12.8 Å². The SMILES string of the molecule is [CH2]C1(C)C[C@@H](S(=O)(=O)c2ccc(F)cc2)CN1. The first-order chi connectivity index (χ1) is 7.81. The fraction of sp³-hybridized carbons (Fsp3) is 0.417. The molecule has 1 fully saturated rings. The van der Waals surface area contributed by atoms with Crippen molar-refractivity contribution in [1.29, 1.82) is 0 Å². The minimum atomic E-state index is -3.40.